The van der Waals surface area contributed by atoms with Gasteiger partial charge in [-0.1, -0.05) is 76.2 Å². The summed E-state index contributed by atoms with van der Waals surface area (Å²) in [5.41, 5.74) is 1.23. The molecule has 0 saturated carbocycles. The van der Waals surface area contributed by atoms with Crippen LogP contribution in [0.2, 0.25) is 10.0 Å². The largest absolute Gasteiger partial charge is 0.464 e. The molecular formula is C16H12Cl5NO2. The third-order valence-corrected chi connectivity index (χ3v) is 4.21. The first kappa shape index (κ1) is 19.5. The van der Waals surface area contributed by atoms with Crippen molar-refractivity contribution >= 4 is 63.9 Å². The van der Waals surface area contributed by atoms with E-state index in [1.54, 1.807) is 31.2 Å². The lowest BCUT2D eigenvalue weighted by Gasteiger charge is -2.27. The second-order valence-corrected chi connectivity index (χ2v) is 8.12. The Morgan fingerprint density at radius 2 is 1.79 bits per heavy atom. The maximum absolute atomic E-state index is 12.4. The highest BCUT2D eigenvalue weighted by Gasteiger charge is 2.37. The Bertz CT molecular complexity index is 745. The maximum Gasteiger partial charge on any atom is 0.254 e. The van der Waals surface area contributed by atoms with Crippen LogP contribution < -0.4 is 10.1 Å². The fraction of sp³-hybridized carbons (Fsp3) is 0.188. The summed E-state index contributed by atoms with van der Waals surface area (Å²) in [6.45, 7) is 1.80. The highest BCUT2D eigenvalue weighted by atomic mass is 35.6. The predicted molar refractivity (Wildman–Crippen MR) is 99.8 cm³/mol. The van der Waals surface area contributed by atoms with Crippen molar-refractivity contribution in [3.63, 3.8) is 0 Å². The molecule has 1 N–H and O–H groups in total. The number of halogens is 5. The Labute approximate surface area is 164 Å². The molecule has 1 atom stereocenters. The Morgan fingerprint density at radius 3 is 2.38 bits per heavy atom. The number of hydrogen-bond donors (Lipinski definition) is 1. The van der Waals surface area contributed by atoms with Gasteiger partial charge in [0.15, 0.2) is 0 Å². The molecule has 0 bridgehead atoms. The molecule has 0 aliphatic heterocycles. The van der Waals surface area contributed by atoms with E-state index >= 15 is 0 Å². The molecule has 2 aromatic carbocycles. The molecule has 1 amide bonds. The van der Waals surface area contributed by atoms with Gasteiger partial charge in [0.05, 0.1) is 5.02 Å². The molecule has 24 heavy (non-hydrogen) atoms. The Kier molecular flexibility index (Phi) is 6.52. The van der Waals surface area contributed by atoms with E-state index in [-0.39, 0.29) is 10.8 Å². The van der Waals surface area contributed by atoms with E-state index in [0.29, 0.717) is 10.6 Å². The van der Waals surface area contributed by atoms with Gasteiger partial charge in [-0.2, -0.15) is 0 Å². The zero-order valence-corrected chi connectivity index (χ0v) is 16.1. The quantitative estimate of drug-likeness (QED) is 0.494. The van der Waals surface area contributed by atoms with Crippen LogP contribution in [0.15, 0.2) is 42.5 Å². The molecule has 2 aromatic rings. The lowest BCUT2D eigenvalue weighted by molar-refractivity contribution is 0.0832. The van der Waals surface area contributed by atoms with Gasteiger partial charge in [-0.15, -0.1) is 0 Å². The van der Waals surface area contributed by atoms with Gasteiger partial charge < -0.3 is 10.1 Å². The van der Waals surface area contributed by atoms with Crippen LogP contribution in [-0.4, -0.2) is 15.9 Å². The van der Waals surface area contributed by atoms with Crippen LogP contribution in [0.1, 0.15) is 15.9 Å². The number of nitrogens with one attached hydrogen (secondary N) is 1. The van der Waals surface area contributed by atoms with Crippen molar-refractivity contribution in [2.24, 2.45) is 0 Å². The van der Waals surface area contributed by atoms with Gasteiger partial charge in [0.2, 0.25) is 10.0 Å². The van der Waals surface area contributed by atoms with Crippen molar-refractivity contribution in [3.05, 3.63) is 63.6 Å². The van der Waals surface area contributed by atoms with Crippen LogP contribution in [-0.2, 0) is 0 Å². The zero-order valence-electron chi connectivity index (χ0n) is 12.3. The van der Waals surface area contributed by atoms with Crippen molar-refractivity contribution < 1.29 is 9.53 Å². The number of carbonyl (C=O) groups excluding carboxylic acids is 1. The van der Waals surface area contributed by atoms with E-state index in [1.165, 1.54) is 12.1 Å². The van der Waals surface area contributed by atoms with E-state index < -0.39 is 15.9 Å². The second kappa shape index (κ2) is 8.03. The third kappa shape index (κ3) is 5.08. The molecule has 0 aromatic heterocycles. The minimum Gasteiger partial charge on any atom is -0.464 e. The van der Waals surface area contributed by atoms with Gasteiger partial charge in [-0.25, -0.2) is 0 Å². The molecule has 2 rings (SSSR count). The molecule has 3 nitrogen and oxygen atoms in total. The minimum absolute atomic E-state index is 0.225. The highest BCUT2D eigenvalue weighted by molar-refractivity contribution is 6.68. The number of ether oxygens (including phenoxy) is 1. The summed E-state index contributed by atoms with van der Waals surface area (Å²) < 4.78 is 3.66. The lowest BCUT2D eigenvalue weighted by atomic mass is 10.1. The second-order valence-electron chi connectivity index (χ2n) is 4.90. The molecule has 0 aliphatic rings. The molecule has 0 radical (unpaired) electrons. The first-order valence-electron chi connectivity index (χ1n) is 6.73. The fourth-order valence-electron chi connectivity index (χ4n) is 1.90. The third-order valence-electron chi connectivity index (χ3n) is 3.09. The summed E-state index contributed by atoms with van der Waals surface area (Å²) in [6, 6.07) is 11.6. The van der Waals surface area contributed by atoms with Gasteiger partial charge in [-0.3, -0.25) is 4.79 Å². The topological polar surface area (TPSA) is 38.3 Å². The first-order valence-corrected chi connectivity index (χ1v) is 8.62. The van der Waals surface area contributed by atoms with Crippen LogP contribution in [0.25, 0.3) is 0 Å². The lowest BCUT2D eigenvalue weighted by Crippen LogP contribution is -2.48. The number of benzene rings is 2. The Morgan fingerprint density at radius 1 is 1.12 bits per heavy atom. The van der Waals surface area contributed by atoms with E-state index in [2.05, 4.69) is 5.32 Å². The van der Waals surface area contributed by atoms with Gasteiger partial charge in [0.1, 0.15) is 5.75 Å². The molecule has 128 valence electrons. The summed E-state index contributed by atoms with van der Waals surface area (Å²) in [5.74, 6) is -0.211. The molecular weight excluding hydrogens is 415 g/mol. The van der Waals surface area contributed by atoms with Crippen LogP contribution >= 0.6 is 58.0 Å². The minimum atomic E-state index is -1.92. The van der Waals surface area contributed by atoms with E-state index in [4.69, 9.17) is 62.7 Å². The summed E-state index contributed by atoms with van der Waals surface area (Å²) >= 11 is 29.7. The van der Waals surface area contributed by atoms with Crippen molar-refractivity contribution in [3.8, 4) is 5.75 Å². The molecule has 0 unspecified atom stereocenters. The number of aryl methyl sites for hydroxylation is 1. The van der Waals surface area contributed by atoms with Crippen LogP contribution in [0.5, 0.6) is 5.75 Å². The summed E-state index contributed by atoms with van der Waals surface area (Å²) in [6.07, 6.45) is -1.26. The van der Waals surface area contributed by atoms with Gasteiger partial charge in [0, 0.05) is 10.6 Å². The number of carbonyl (C=O) groups is 1. The number of hydrogen-bond acceptors (Lipinski definition) is 2. The SMILES string of the molecule is Cc1ccccc1C(=O)N[C@H](Oc1ccc(Cl)cc1Cl)C(Cl)(Cl)Cl. The molecule has 0 spiro atoms. The van der Waals surface area contributed by atoms with Gasteiger partial charge in [0.25, 0.3) is 5.91 Å². The smallest absolute Gasteiger partial charge is 0.254 e. The molecule has 8 heteroatoms. The van der Waals surface area contributed by atoms with Crippen molar-refractivity contribution in [1.29, 1.82) is 0 Å². The normalized spacial score (nSPS) is 12.6. The Hall–Kier alpha value is -0.840. The van der Waals surface area contributed by atoms with Crippen molar-refractivity contribution in [2.45, 2.75) is 16.9 Å². The average molecular weight is 428 g/mol. The number of amides is 1. The highest BCUT2D eigenvalue weighted by Crippen LogP contribution is 2.35. The van der Waals surface area contributed by atoms with Gasteiger partial charge in [-0.05, 0) is 36.8 Å². The first-order chi connectivity index (χ1) is 11.2. The molecule has 0 fully saturated rings. The summed E-state index contributed by atoms with van der Waals surface area (Å²) in [5, 5.41) is 3.22. The zero-order chi connectivity index (χ0) is 17.9. The number of rotatable bonds is 4. The Balaban J connectivity index is 2.23. The van der Waals surface area contributed by atoms with Gasteiger partial charge >= 0.3 is 0 Å². The van der Waals surface area contributed by atoms with Crippen LogP contribution in [0.3, 0.4) is 0 Å². The van der Waals surface area contributed by atoms with Crippen LogP contribution in [0.4, 0.5) is 0 Å². The van der Waals surface area contributed by atoms with Crippen molar-refractivity contribution in [2.75, 3.05) is 0 Å². The van der Waals surface area contributed by atoms with E-state index in [9.17, 15) is 4.79 Å². The molecule has 0 aliphatic carbocycles. The predicted octanol–water partition coefficient (Wildman–Crippen LogP) is 5.81. The van der Waals surface area contributed by atoms with Crippen molar-refractivity contribution in [1.82, 2.24) is 5.32 Å². The van der Waals surface area contributed by atoms with E-state index in [1.807, 2.05) is 6.07 Å². The average Bonchev–Trinajstić information content (AvgIpc) is 2.48. The standard InChI is InChI=1S/C16H12Cl5NO2/c1-9-4-2-3-5-11(9)14(23)22-15(16(19,20)21)24-13-7-6-10(17)8-12(13)18/h2-8,15H,1H3,(H,22,23)/t15-/m1/s1. The monoisotopic (exact) mass is 425 g/mol. The summed E-state index contributed by atoms with van der Waals surface area (Å²) in [4.78, 5) is 12.4. The molecule has 0 heterocycles. The van der Waals surface area contributed by atoms with Crippen LogP contribution in [0, 0.1) is 6.92 Å². The molecule has 0 saturated heterocycles. The van der Waals surface area contributed by atoms with E-state index in [0.717, 1.165) is 5.56 Å². The number of alkyl halides is 3. The summed E-state index contributed by atoms with van der Waals surface area (Å²) in [7, 11) is 0. The maximum atomic E-state index is 12.4. The fourth-order valence-corrected chi connectivity index (χ4v) is 2.65.